The molecule has 0 spiro atoms. The Kier molecular flexibility index (Phi) is 5.47. The fraction of sp³-hybridized carbons (Fsp3) is 0.526. The van der Waals surface area contributed by atoms with Gasteiger partial charge >= 0.3 is 0 Å². The normalized spacial score (nSPS) is 22.4. The topological polar surface area (TPSA) is 35.6 Å². The summed E-state index contributed by atoms with van der Waals surface area (Å²) in [4.78, 5) is 16.9. The lowest BCUT2D eigenvalue weighted by molar-refractivity contribution is -0.116. The molecule has 124 valence electrons. The quantitative estimate of drug-likeness (QED) is 0.849. The lowest BCUT2D eigenvalue weighted by Crippen LogP contribution is -2.43. The van der Waals surface area contributed by atoms with Crippen molar-refractivity contribution in [3.8, 4) is 0 Å². The summed E-state index contributed by atoms with van der Waals surface area (Å²) in [5, 5.41) is 3.01. The number of piperazine rings is 1. The molecule has 1 N–H and O–H groups in total. The summed E-state index contributed by atoms with van der Waals surface area (Å²) in [6.45, 7) is 5.54. The number of amides is 1. The second kappa shape index (κ2) is 7.75. The van der Waals surface area contributed by atoms with Crippen LogP contribution in [0.4, 0.5) is 5.69 Å². The molecule has 4 heteroatoms. The van der Waals surface area contributed by atoms with Crippen molar-refractivity contribution in [1.29, 1.82) is 0 Å². The fourth-order valence-corrected chi connectivity index (χ4v) is 3.27. The van der Waals surface area contributed by atoms with Crippen molar-refractivity contribution in [2.75, 3.05) is 38.5 Å². The van der Waals surface area contributed by atoms with Gasteiger partial charge in [0.25, 0.3) is 0 Å². The fourth-order valence-electron chi connectivity index (χ4n) is 3.27. The highest BCUT2D eigenvalue weighted by Crippen LogP contribution is 2.21. The maximum atomic E-state index is 12.0. The van der Waals surface area contributed by atoms with Gasteiger partial charge in [0, 0.05) is 44.8 Å². The number of hydrogen-bond donors (Lipinski definition) is 1. The molecule has 1 amide bonds. The standard InChI is InChI=1S/C19H27N3O/c1-21-10-12-22(13-11-21)15-17-6-8-18(9-7-17)20-19(23)14-16-4-2-3-5-16/h2,4,6-9,16H,3,5,10-15H2,1H3,(H,20,23)/t16-/m1/s1. The minimum absolute atomic E-state index is 0.119. The number of anilines is 1. The van der Waals surface area contributed by atoms with E-state index < -0.39 is 0 Å². The highest BCUT2D eigenvalue weighted by Gasteiger charge is 2.15. The van der Waals surface area contributed by atoms with Gasteiger partial charge in [0.1, 0.15) is 0 Å². The zero-order chi connectivity index (χ0) is 16.1. The Bertz CT molecular complexity index is 544. The van der Waals surface area contributed by atoms with Crippen LogP contribution in [0, 0.1) is 5.92 Å². The second-order valence-electron chi connectivity index (χ2n) is 6.79. The first kappa shape index (κ1) is 16.2. The number of allylic oxidation sites excluding steroid dienone is 2. The minimum atomic E-state index is 0.119. The maximum Gasteiger partial charge on any atom is 0.224 e. The molecule has 1 saturated heterocycles. The van der Waals surface area contributed by atoms with Crippen molar-refractivity contribution in [3.63, 3.8) is 0 Å². The van der Waals surface area contributed by atoms with Crippen LogP contribution < -0.4 is 5.32 Å². The van der Waals surface area contributed by atoms with Gasteiger partial charge in [0.2, 0.25) is 5.91 Å². The van der Waals surface area contributed by atoms with Crippen molar-refractivity contribution in [1.82, 2.24) is 9.80 Å². The van der Waals surface area contributed by atoms with Crippen LogP contribution in [-0.4, -0.2) is 48.9 Å². The third kappa shape index (κ3) is 4.91. The van der Waals surface area contributed by atoms with E-state index in [1.54, 1.807) is 0 Å². The summed E-state index contributed by atoms with van der Waals surface area (Å²) in [6, 6.07) is 8.30. The lowest BCUT2D eigenvalue weighted by Gasteiger charge is -2.32. The van der Waals surface area contributed by atoms with E-state index in [1.807, 2.05) is 12.1 Å². The van der Waals surface area contributed by atoms with Gasteiger partial charge in [0.05, 0.1) is 0 Å². The van der Waals surface area contributed by atoms with E-state index in [1.165, 1.54) is 5.56 Å². The molecule has 1 heterocycles. The molecule has 0 saturated carbocycles. The minimum Gasteiger partial charge on any atom is -0.326 e. The molecular formula is C19H27N3O. The smallest absolute Gasteiger partial charge is 0.224 e. The van der Waals surface area contributed by atoms with Crippen LogP contribution in [0.15, 0.2) is 36.4 Å². The van der Waals surface area contributed by atoms with Crippen LogP contribution >= 0.6 is 0 Å². The van der Waals surface area contributed by atoms with Gasteiger partial charge in [-0.1, -0.05) is 24.3 Å². The number of rotatable bonds is 5. The van der Waals surface area contributed by atoms with E-state index >= 15 is 0 Å². The first-order valence-electron chi connectivity index (χ1n) is 8.65. The summed E-state index contributed by atoms with van der Waals surface area (Å²) in [6.07, 6.45) is 7.15. The van der Waals surface area contributed by atoms with Crippen LogP contribution in [0.1, 0.15) is 24.8 Å². The van der Waals surface area contributed by atoms with E-state index in [0.717, 1.165) is 51.3 Å². The van der Waals surface area contributed by atoms with Crippen molar-refractivity contribution in [2.24, 2.45) is 5.92 Å². The van der Waals surface area contributed by atoms with Crippen molar-refractivity contribution >= 4 is 11.6 Å². The SMILES string of the molecule is CN1CCN(Cc2ccc(NC(=O)C[C@@H]3C=CCC3)cc2)CC1. The molecule has 1 aromatic carbocycles. The Morgan fingerprint density at radius 2 is 1.91 bits per heavy atom. The van der Waals surface area contributed by atoms with Gasteiger partial charge in [-0.2, -0.15) is 0 Å². The monoisotopic (exact) mass is 313 g/mol. The van der Waals surface area contributed by atoms with Crippen LogP contribution in [0.25, 0.3) is 0 Å². The highest BCUT2D eigenvalue weighted by molar-refractivity contribution is 5.91. The number of carbonyl (C=O) groups excluding carboxylic acids is 1. The number of likely N-dealkylation sites (N-methyl/N-ethyl adjacent to an activating group) is 1. The molecule has 1 fully saturated rings. The largest absolute Gasteiger partial charge is 0.326 e. The molecule has 23 heavy (non-hydrogen) atoms. The molecule has 4 nitrogen and oxygen atoms in total. The van der Waals surface area contributed by atoms with E-state index in [0.29, 0.717) is 12.3 Å². The molecule has 2 aliphatic rings. The van der Waals surface area contributed by atoms with Gasteiger partial charge in [0.15, 0.2) is 0 Å². The van der Waals surface area contributed by atoms with E-state index in [4.69, 9.17) is 0 Å². The number of nitrogens with zero attached hydrogens (tertiary/aromatic N) is 2. The van der Waals surface area contributed by atoms with Crippen molar-refractivity contribution in [2.45, 2.75) is 25.8 Å². The number of benzene rings is 1. The van der Waals surface area contributed by atoms with Gasteiger partial charge in [-0.25, -0.2) is 0 Å². The zero-order valence-corrected chi connectivity index (χ0v) is 14.0. The van der Waals surface area contributed by atoms with Gasteiger partial charge in [-0.3, -0.25) is 9.69 Å². The van der Waals surface area contributed by atoms with Crippen LogP contribution in [0.5, 0.6) is 0 Å². The Balaban J connectivity index is 1.46. The lowest BCUT2D eigenvalue weighted by atomic mass is 10.0. The summed E-state index contributed by atoms with van der Waals surface area (Å²) in [5.41, 5.74) is 2.21. The molecule has 0 aromatic heterocycles. The summed E-state index contributed by atoms with van der Waals surface area (Å²) in [7, 11) is 2.18. The highest BCUT2D eigenvalue weighted by atomic mass is 16.1. The number of carbonyl (C=O) groups is 1. The summed E-state index contributed by atoms with van der Waals surface area (Å²) in [5.74, 6) is 0.542. The second-order valence-corrected chi connectivity index (χ2v) is 6.79. The number of hydrogen-bond acceptors (Lipinski definition) is 3. The van der Waals surface area contributed by atoms with E-state index in [9.17, 15) is 4.79 Å². The van der Waals surface area contributed by atoms with E-state index in [-0.39, 0.29) is 5.91 Å². The molecule has 1 aliphatic heterocycles. The summed E-state index contributed by atoms with van der Waals surface area (Å²) >= 11 is 0. The Morgan fingerprint density at radius 1 is 1.17 bits per heavy atom. The zero-order valence-electron chi connectivity index (χ0n) is 14.0. The van der Waals surface area contributed by atoms with Gasteiger partial charge in [-0.15, -0.1) is 0 Å². The Labute approximate surface area is 139 Å². The van der Waals surface area contributed by atoms with Crippen molar-refractivity contribution < 1.29 is 4.79 Å². The predicted molar refractivity (Wildman–Crippen MR) is 94.3 cm³/mol. The predicted octanol–water partition coefficient (Wildman–Crippen LogP) is 2.73. The summed E-state index contributed by atoms with van der Waals surface area (Å²) < 4.78 is 0. The Morgan fingerprint density at radius 3 is 2.57 bits per heavy atom. The van der Waals surface area contributed by atoms with Gasteiger partial charge in [-0.05, 0) is 43.5 Å². The molecule has 1 atom stereocenters. The van der Waals surface area contributed by atoms with Crippen LogP contribution in [0.3, 0.4) is 0 Å². The molecule has 3 rings (SSSR count). The molecule has 0 bridgehead atoms. The maximum absolute atomic E-state index is 12.0. The van der Waals surface area contributed by atoms with E-state index in [2.05, 4.69) is 46.4 Å². The van der Waals surface area contributed by atoms with Crippen molar-refractivity contribution in [3.05, 3.63) is 42.0 Å². The number of nitrogens with one attached hydrogen (secondary N) is 1. The molecular weight excluding hydrogens is 286 g/mol. The first-order valence-corrected chi connectivity index (χ1v) is 8.65. The van der Waals surface area contributed by atoms with Crippen LogP contribution in [-0.2, 0) is 11.3 Å². The third-order valence-electron chi connectivity index (χ3n) is 4.80. The van der Waals surface area contributed by atoms with Gasteiger partial charge < -0.3 is 10.2 Å². The average molecular weight is 313 g/mol. The average Bonchev–Trinajstić information content (AvgIpc) is 3.04. The third-order valence-corrected chi connectivity index (χ3v) is 4.80. The first-order chi connectivity index (χ1) is 11.2. The molecule has 1 aliphatic carbocycles. The molecule has 0 radical (unpaired) electrons. The molecule has 0 unspecified atom stereocenters. The molecule has 1 aromatic rings. The Hall–Kier alpha value is -1.65. The van der Waals surface area contributed by atoms with Crippen LogP contribution in [0.2, 0.25) is 0 Å².